The van der Waals surface area contributed by atoms with Crippen molar-refractivity contribution in [1.29, 1.82) is 0 Å². The van der Waals surface area contributed by atoms with Crippen molar-refractivity contribution >= 4 is 17.9 Å². The highest BCUT2D eigenvalue weighted by Gasteiger charge is 2.19. The minimum atomic E-state index is -0.797. The summed E-state index contributed by atoms with van der Waals surface area (Å²) in [6, 6.07) is 0. The van der Waals surface area contributed by atoms with Crippen LogP contribution in [0.1, 0.15) is 271 Å². The zero-order valence-corrected chi connectivity index (χ0v) is 45.8. The van der Waals surface area contributed by atoms with Crippen molar-refractivity contribution < 1.29 is 28.6 Å². The van der Waals surface area contributed by atoms with Crippen LogP contribution in [-0.2, 0) is 28.6 Å². The number of hydrogen-bond acceptors (Lipinski definition) is 6. The van der Waals surface area contributed by atoms with Gasteiger partial charge in [-0.15, -0.1) is 0 Å². The van der Waals surface area contributed by atoms with Gasteiger partial charge in [-0.05, 0) is 116 Å². The molecule has 70 heavy (non-hydrogen) atoms. The molecule has 0 saturated carbocycles. The van der Waals surface area contributed by atoms with Crippen LogP contribution in [0.2, 0.25) is 0 Å². The molecule has 1 atom stereocenters. The second-order valence-electron chi connectivity index (χ2n) is 19.1. The number of rotatable bonds is 52. The van der Waals surface area contributed by atoms with Crippen molar-refractivity contribution in [2.45, 2.75) is 277 Å². The number of unbranched alkanes of at least 4 members (excludes halogenated alkanes) is 25. The Balaban J connectivity index is 4.44. The summed E-state index contributed by atoms with van der Waals surface area (Å²) >= 11 is 0. The van der Waals surface area contributed by atoms with Gasteiger partial charge in [0.25, 0.3) is 0 Å². The first kappa shape index (κ1) is 66.3. The lowest BCUT2D eigenvalue weighted by molar-refractivity contribution is -0.167. The minimum absolute atomic E-state index is 0.0925. The van der Waals surface area contributed by atoms with Gasteiger partial charge in [-0.3, -0.25) is 14.4 Å². The maximum Gasteiger partial charge on any atom is 0.306 e. The summed E-state index contributed by atoms with van der Waals surface area (Å²) in [7, 11) is 0. The van der Waals surface area contributed by atoms with Crippen molar-refractivity contribution in [3.05, 3.63) is 97.2 Å². The van der Waals surface area contributed by atoms with Crippen LogP contribution >= 0.6 is 0 Å². The summed E-state index contributed by atoms with van der Waals surface area (Å²) in [6.07, 6.45) is 76.8. The van der Waals surface area contributed by atoms with Crippen molar-refractivity contribution in [1.82, 2.24) is 0 Å². The van der Waals surface area contributed by atoms with E-state index in [2.05, 4.69) is 118 Å². The van der Waals surface area contributed by atoms with Gasteiger partial charge in [0.2, 0.25) is 0 Å². The summed E-state index contributed by atoms with van der Waals surface area (Å²) in [4.78, 5) is 38.2. The second-order valence-corrected chi connectivity index (χ2v) is 19.1. The third-order valence-electron chi connectivity index (χ3n) is 12.3. The monoisotopic (exact) mass is 973 g/mol. The first-order valence-corrected chi connectivity index (χ1v) is 29.2. The van der Waals surface area contributed by atoms with Crippen molar-refractivity contribution in [2.24, 2.45) is 0 Å². The van der Waals surface area contributed by atoms with Gasteiger partial charge in [-0.1, -0.05) is 234 Å². The SMILES string of the molecule is CC/C=C\C/C=C\C/C=C\C/C=C\CCCCCC(=O)OCC(COC(=O)CCCCCCCCCCC/C=C\C/C=C\C/C=C\CC)OC(=O)CCCCCCCCC/C=C\CCCCCCCC. The van der Waals surface area contributed by atoms with Gasteiger partial charge in [0.05, 0.1) is 0 Å². The molecule has 6 heteroatoms. The number of ether oxygens (including phenoxy) is 3. The Labute approximate surface area is 432 Å². The van der Waals surface area contributed by atoms with Crippen LogP contribution in [-0.4, -0.2) is 37.2 Å². The Hall–Kier alpha value is -3.67. The third kappa shape index (κ3) is 55.3. The summed E-state index contributed by atoms with van der Waals surface area (Å²) in [5.41, 5.74) is 0. The number of carbonyl (C=O) groups excluding carboxylic acids is 3. The molecule has 0 aliphatic carbocycles. The largest absolute Gasteiger partial charge is 0.462 e. The molecule has 1 unspecified atom stereocenters. The van der Waals surface area contributed by atoms with Gasteiger partial charge < -0.3 is 14.2 Å². The van der Waals surface area contributed by atoms with Crippen LogP contribution in [0.4, 0.5) is 0 Å². The highest BCUT2D eigenvalue weighted by molar-refractivity contribution is 5.71. The molecule has 0 saturated heterocycles. The van der Waals surface area contributed by atoms with Gasteiger partial charge in [0.15, 0.2) is 6.10 Å². The number of carbonyl (C=O) groups is 3. The summed E-state index contributed by atoms with van der Waals surface area (Å²) in [5.74, 6) is -0.929. The van der Waals surface area contributed by atoms with Crippen LogP contribution < -0.4 is 0 Å². The average Bonchev–Trinajstić information content (AvgIpc) is 3.36. The third-order valence-corrected chi connectivity index (χ3v) is 12.3. The predicted octanol–water partition coefficient (Wildman–Crippen LogP) is 19.7. The standard InChI is InChI=1S/C64H108O6/c1-4-7-10-13-16-19-22-25-28-31-32-34-36-39-42-45-48-51-54-57-63(66)69-60-61(59-68-62(65)56-53-50-47-44-41-38-35-30-27-24-21-18-15-12-9-6-3)70-64(67)58-55-52-49-46-43-40-37-33-29-26-23-20-17-14-11-8-5-2/h7,9-10,12,16,18-19,21,25-30,38,41,61H,4-6,8,11,13-15,17,20,22-24,31-37,39-40,42-60H2,1-3H3/b10-7-,12-9-,19-16-,21-18-,28-25-,29-26-,30-27-,41-38-. The van der Waals surface area contributed by atoms with Crippen molar-refractivity contribution in [2.75, 3.05) is 13.2 Å². The fourth-order valence-electron chi connectivity index (χ4n) is 7.97. The van der Waals surface area contributed by atoms with E-state index in [0.717, 1.165) is 109 Å². The molecule has 0 aliphatic heterocycles. The van der Waals surface area contributed by atoms with E-state index in [1.807, 2.05) is 0 Å². The molecule has 0 aliphatic rings. The van der Waals surface area contributed by atoms with Crippen molar-refractivity contribution in [3.8, 4) is 0 Å². The van der Waals surface area contributed by atoms with E-state index in [9.17, 15) is 14.4 Å². The number of esters is 3. The summed E-state index contributed by atoms with van der Waals surface area (Å²) in [6.45, 7) is 6.39. The Morgan fingerprint density at radius 3 is 0.900 bits per heavy atom. The first-order valence-electron chi connectivity index (χ1n) is 29.2. The molecule has 0 spiro atoms. The smallest absolute Gasteiger partial charge is 0.306 e. The maximum atomic E-state index is 12.9. The second kappa shape index (κ2) is 57.9. The first-order chi connectivity index (χ1) is 34.5. The molecule has 6 nitrogen and oxygen atoms in total. The topological polar surface area (TPSA) is 78.9 Å². The molecule has 0 rings (SSSR count). The molecular weight excluding hydrogens is 865 g/mol. The maximum absolute atomic E-state index is 12.9. The van der Waals surface area contributed by atoms with Gasteiger partial charge >= 0.3 is 17.9 Å². The van der Waals surface area contributed by atoms with Gasteiger partial charge in [0, 0.05) is 19.3 Å². The van der Waals surface area contributed by atoms with Gasteiger partial charge in [0.1, 0.15) is 13.2 Å². The molecule has 0 fully saturated rings. The normalized spacial score (nSPS) is 12.8. The van der Waals surface area contributed by atoms with Crippen LogP contribution in [0.15, 0.2) is 97.2 Å². The lowest BCUT2D eigenvalue weighted by atomic mass is 10.1. The molecule has 0 N–H and O–H groups in total. The molecule has 0 aromatic rings. The fourth-order valence-corrected chi connectivity index (χ4v) is 7.97. The average molecular weight is 974 g/mol. The Morgan fingerprint density at radius 2 is 0.557 bits per heavy atom. The molecular formula is C64H108O6. The van der Waals surface area contributed by atoms with E-state index in [0.29, 0.717) is 19.3 Å². The Morgan fingerprint density at radius 1 is 0.300 bits per heavy atom. The van der Waals surface area contributed by atoms with Crippen LogP contribution in [0.25, 0.3) is 0 Å². The zero-order chi connectivity index (χ0) is 50.7. The van der Waals surface area contributed by atoms with Crippen LogP contribution in [0.5, 0.6) is 0 Å². The van der Waals surface area contributed by atoms with E-state index in [1.165, 1.54) is 122 Å². The van der Waals surface area contributed by atoms with E-state index in [4.69, 9.17) is 14.2 Å². The summed E-state index contributed by atoms with van der Waals surface area (Å²) in [5, 5.41) is 0. The highest BCUT2D eigenvalue weighted by atomic mass is 16.6. The quantitative estimate of drug-likeness (QED) is 0.0262. The van der Waals surface area contributed by atoms with Gasteiger partial charge in [-0.25, -0.2) is 0 Å². The van der Waals surface area contributed by atoms with Crippen molar-refractivity contribution in [3.63, 3.8) is 0 Å². The number of allylic oxidation sites excluding steroid dienone is 16. The van der Waals surface area contributed by atoms with E-state index in [-0.39, 0.29) is 31.1 Å². The zero-order valence-electron chi connectivity index (χ0n) is 45.8. The van der Waals surface area contributed by atoms with Crippen LogP contribution in [0.3, 0.4) is 0 Å². The fraction of sp³-hybridized carbons (Fsp3) is 0.703. The number of hydrogen-bond donors (Lipinski definition) is 0. The predicted molar refractivity (Wildman–Crippen MR) is 302 cm³/mol. The van der Waals surface area contributed by atoms with Gasteiger partial charge in [-0.2, -0.15) is 0 Å². The van der Waals surface area contributed by atoms with E-state index >= 15 is 0 Å². The molecule has 0 heterocycles. The molecule has 0 bridgehead atoms. The Bertz CT molecular complexity index is 1400. The molecule has 0 aromatic heterocycles. The minimum Gasteiger partial charge on any atom is -0.462 e. The molecule has 400 valence electrons. The van der Waals surface area contributed by atoms with E-state index < -0.39 is 6.10 Å². The highest BCUT2D eigenvalue weighted by Crippen LogP contribution is 2.15. The molecule has 0 radical (unpaired) electrons. The lowest BCUT2D eigenvalue weighted by Crippen LogP contribution is -2.30. The van der Waals surface area contributed by atoms with E-state index in [1.54, 1.807) is 0 Å². The molecule has 0 amide bonds. The lowest BCUT2D eigenvalue weighted by Gasteiger charge is -2.18. The van der Waals surface area contributed by atoms with Crippen LogP contribution in [0, 0.1) is 0 Å². The Kier molecular flexibility index (Phi) is 54.9. The molecule has 0 aromatic carbocycles. The summed E-state index contributed by atoms with van der Waals surface area (Å²) < 4.78 is 16.9.